The van der Waals surface area contributed by atoms with E-state index in [-0.39, 0.29) is 22.5 Å². The quantitative estimate of drug-likeness (QED) is 0.632. The molecule has 0 aliphatic carbocycles. The first-order valence-corrected chi connectivity index (χ1v) is 9.51. The van der Waals surface area contributed by atoms with Crippen molar-refractivity contribution in [2.75, 3.05) is 25.9 Å². The second kappa shape index (κ2) is 6.95. The number of anilines is 1. The first-order chi connectivity index (χ1) is 11.9. The Morgan fingerprint density at radius 2 is 2.12 bits per heavy atom. The molecule has 1 saturated heterocycles. The molecule has 3 rings (SSSR count). The molecule has 1 aliphatic heterocycles. The molecule has 9 heteroatoms. The van der Waals surface area contributed by atoms with E-state index >= 15 is 0 Å². The van der Waals surface area contributed by atoms with E-state index in [0.717, 1.165) is 31.6 Å². The van der Waals surface area contributed by atoms with Gasteiger partial charge in [-0.05, 0) is 50.7 Å². The summed E-state index contributed by atoms with van der Waals surface area (Å²) in [6, 6.07) is 5.81. The number of nitrogens with zero attached hydrogens (tertiary/aromatic N) is 2. The molecule has 2 heterocycles. The smallest absolute Gasteiger partial charge is 0.240 e. The second-order valence-electron chi connectivity index (χ2n) is 5.97. The van der Waals surface area contributed by atoms with Gasteiger partial charge in [0.15, 0.2) is 0 Å². The van der Waals surface area contributed by atoms with Crippen LogP contribution in [0.5, 0.6) is 5.75 Å². The van der Waals surface area contributed by atoms with Crippen LogP contribution < -0.4 is 15.8 Å². The van der Waals surface area contributed by atoms with Gasteiger partial charge in [0.2, 0.25) is 16.0 Å². The number of piperidine rings is 1. The first kappa shape index (κ1) is 17.6. The van der Waals surface area contributed by atoms with Crippen LogP contribution in [-0.4, -0.2) is 43.6 Å². The number of aromatic hydroxyl groups is 1. The van der Waals surface area contributed by atoms with Gasteiger partial charge in [0.1, 0.15) is 5.75 Å². The van der Waals surface area contributed by atoms with Crippen molar-refractivity contribution in [3.63, 3.8) is 0 Å². The number of phenolic OH excluding ortho intramolecular Hbond substituents is 1. The summed E-state index contributed by atoms with van der Waals surface area (Å²) in [5.74, 6) is 0.240. The number of hydrogen-bond acceptors (Lipinski definition) is 7. The van der Waals surface area contributed by atoms with Crippen LogP contribution in [-0.2, 0) is 10.0 Å². The monoisotopic (exact) mass is 363 g/mol. The van der Waals surface area contributed by atoms with E-state index in [0.29, 0.717) is 11.3 Å². The molecule has 1 aromatic carbocycles. The third kappa shape index (κ3) is 3.73. The van der Waals surface area contributed by atoms with Gasteiger partial charge in [-0.25, -0.2) is 23.1 Å². The Hall–Kier alpha value is -2.23. The van der Waals surface area contributed by atoms with Crippen molar-refractivity contribution in [2.45, 2.75) is 23.7 Å². The standard InChI is InChI=1S/C16H21N5O3S/c1-18-25(23,24)11-4-5-15(22)12(7-11)14-8-13(20-16(17)21-14)10-3-2-6-19-9-10/h4-5,7-8,10,18-19,22H,2-3,6,9H2,1H3,(H2,17,20,21). The largest absolute Gasteiger partial charge is 0.507 e. The summed E-state index contributed by atoms with van der Waals surface area (Å²) in [5.41, 5.74) is 7.34. The Morgan fingerprint density at radius 3 is 2.80 bits per heavy atom. The maximum Gasteiger partial charge on any atom is 0.240 e. The lowest BCUT2D eigenvalue weighted by Crippen LogP contribution is -2.29. The van der Waals surface area contributed by atoms with Crippen molar-refractivity contribution in [3.8, 4) is 17.0 Å². The number of phenols is 1. The van der Waals surface area contributed by atoms with Crippen LogP contribution in [0, 0.1) is 0 Å². The molecule has 0 saturated carbocycles. The molecule has 0 bridgehead atoms. The Kier molecular flexibility index (Phi) is 4.89. The molecule has 5 N–H and O–H groups in total. The highest BCUT2D eigenvalue weighted by Crippen LogP contribution is 2.32. The third-order valence-electron chi connectivity index (χ3n) is 4.30. The van der Waals surface area contributed by atoms with Crippen molar-refractivity contribution in [1.82, 2.24) is 20.0 Å². The predicted molar refractivity (Wildman–Crippen MR) is 94.6 cm³/mol. The number of aromatic nitrogens is 2. The SMILES string of the molecule is CNS(=O)(=O)c1ccc(O)c(-c2cc(C3CCCNC3)nc(N)n2)c1. The fourth-order valence-electron chi connectivity index (χ4n) is 2.94. The first-order valence-electron chi connectivity index (χ1n) is 8.03. The zero-order valence-electron chi connectivity index (χ0n) is 13.9. The highest BCUT2D eigenvalue weighted by Gasteiger charge is 2.20. The van der Waals surface area contributed by atoms with Gasteiger partial charge in [-0.2, -0.15) is 0 Å². The zero-order chi connectivity index (χ0) is 18.0. The minimum atomic E-state index is -3.63. The predicted octanol–water partition coefficient (Wildman–Crippen LogP) is 0.806. The molecule has 0 amide bonds. The van der Waals surface area contributed by atoms with Crippen molar-refractivity contribution in [2.24, 2.45) is 0 Å². The second-order valence-corrected chi connectivity index (χ2v) is 7.85. The molecule has 1 unspecified atom stereocenters. The minimum Gasteiger partial charge on any atom is -0.507 e. The summed E-state index contributed by atoms with van der Waals surface area (Å²) in [6.07, 6.45) is 2.04. The zero-order valence-corrected chi connectivity index (χ0v) is 14.7. The summed E-state index contributed by atoms with van der Waals surface area (Å²) in [4.78, 5) is 8.54. The minimum absolute atomic E-state index is 0.0425. The molecular weight excluding hydrogens is 342 g/mol. The summed E-state index contributed by atoms with van der Waals surface area (Å²) in [7, 11) is -2.30. The molecule has 1 fully saturated rings. The van der Waals surface area contributed by atoms with E-state index in [2.05, 4.69) is 20.0 Å². The van der Waals surface area contributed by atoms with Gasteiger partial charge in [-0.15, -0.1) is 0 Å². The van der Waals surface area contributed by atoms with Gasteiger partial charge in [-0.3, -0.25) is 0 Å². The highest BCUT2D eigenvalue weighted by molar-refractivity contribution is 7.89. The number of nitrogens with one attached hydrogen (secondary N) is 2. The van der Waals surface area contributed by atoms with E-state index in [1.807, 2.05) is 0 Å². The molecule has 8 nitrogen and oxygen atoms in total. The number of nitrogens with two attached hydrogens (primary N) is 1. The number of sulfonamides is 1. The van der Waals surface area contributed by atoms with Crippen LogP contribution in [0.4, 0.5) is 5.95 Å². The number of hydrogen-bond donors (Lipinski definition) is 4. The van der Waals surface area contributed by atoms with Crippen molar-refractivity contribution < 1.29 is 13.5 Å². The summed E-state index contributed by atoms with van der Waals surface area (Å²) >= 11 is 0. The Bertz CT molecular complexity index is 879. The number of nitrogen functional groups attached to an aromatic ring is 1. The lowest BCUT2D eigenvalue weighted by Gasteiger charge is -2.22. The van der Waals surface area contributed by atoms with Gasteiger partial charge in [0.25, 0.3) is 0 Å². The van der Waals surface area contributed by atoms with Gasteiger partial charge in [0.05, 0.1) is 16.3 Å². The van der Waals surface area contributed by atoms with Crippen molar-refractivity contribution in [1.29, 1.82) is 0 Å². The van der Waals surface area contributed by atoms with Crippen LogP contribution in [0.1, 0.15) is 24.5 Å². The summed E-state index contributed by atoms with van der Waals surface area (Å²) < 4.78 is 26.3. The van der Waals surface area contributed by atoms with Crippen LogP contribution in [0.15, 0.2) is 29.2 Å². The third-order valence-corrected chi connectivity index (χ3v) is 5.71. The molecule has 2 aromatic rings. The topological polar surface area (TPSA) is 130 Å². The number of rotatable bonds is 4. The fraction of sp³-hybridized carbons (Fsp3) is 0.375. The van der Waals surface area contributed by atoms with E-state index in [9.17, 15) is 13.5 Å². The van der Waals surface area contributed by atoms with Gasteiger partial charge < -0.3 is 16.2 Å². The van der Waals surface area contributed by atoms with E-state index in [4.69, 9.17) is 5.73 Å². The van der Waals surface area contributed by atoms with Gasteiger partial charge in [0, 0.05) is 18.0 Å². The van der Waals surface area contributed by atoms with Crippen molar-refractivity contribution in [3.05, 3.63) is 30.0 Å². The Labute approximate surface area is 146 Å². The van der Waals surface area contributed by atoms with E-state index in [1.165, 1.54) is 25.2 Å². The summed E-state index contributed by atoms with van der Waals surface area (Å²) in [5, 5.41) is 13.5. The van der Waals surface area contributed by atoms with Crippen LogP contribution in [0.25, 0.3) is 11.3 Å². The summed E-state index contributed by atoms with van der Waals surface area (Å²) in [6.45, 7) is 1.78. The number of benzene rings is 1. The van der Waals surface area contributed by atoms with E-state index < -0.39 is 10.0 Å². The van der Waals surface area contributed by atoms with Crippen LogP contribution in [0.2, 0.25) is 0 Å². The Morgan fingerprint density at radius 1 is 1.32 bits per heavy atom. The van der Waals surface area contributed by atoms with Gasteiger partial charge >= 0.3 is 0 Å². The molecule has 1 aromatic heterocycles. The molecule has 0 radical (unpaired) electrons. The van der Waals surface area contributed by atoms with Crippen LogP contribution >= 0.6 is 0 Å². The molecule has 1 atom stereocenters. The van der Waals surface area contributed by atoms with Gasteiger partial charge in [-0.1, -0.05) is 0 Å². The average molecular weight is 363 g/mol. The molecule has 1 aliphatic rings. The van der Waals surface area contributed by atoms with E-state index in [1.54, 1.807) is 6.07 Å². The van der Waals surface area contributed by atoms with Crippen molar-refractivity contribution >= 4 is 16.0 Å². The highest BCUT2D eigenvalue weighted by atomic mass is 32.2. The lowest BCUT2D eigenvalue weighted by molar-refractivity contribution is 0.454. The molecular formula is C16H21N5O3S. The Balaban J connectivity index is 2.07. The lowest BCUT2D eigenvalue weighted by atomic mass is 9.95. The fourth-order valence-corrected chi connectivity index (χ4v) is 3.70. The molecule has 134 valence electrons. The maximum absolute atomic E-state index is 12.0. The molecule has 0 spiro atoms. The van der Waals surface area contributed by atoms with Crippen LogP contribution in [0.3, 0.4) is 0 Å². The maximum atomic E-state index is 12.0. The average Bonchev–Trinajstić information content (AvgIpc) is 2.62. The normalized spacial score (nSPS) is 18.2. The molecule has 25 heavy (non-hydrogen) atoms.